The molecule has 1 saturated heterocycles. The Labute approximate surface area is 186 Å². The Hall–Kier alpha value is -2.87. The van der Waals surface area contributed by atoms with E-state index < -0.39 is 9.84 Å². The molecule has 1 atom stereocenters. The number of allylic oxidation sites excluding steroid dienone is 2. The van der Waals surface area contributed by atoms with Crippen LogP contribution in [0.1, 0.15) is 48.9 Å². The van der Waals surface area contributed by atoms with Crippen LogP contribution in [0.3, 0.4) is 0 Å². The van der Waals surface area contributed by atoms with Crippen molar-refractivity contribution in [3.8, 4) is 11.8 Å². The second-order valence-electron chi connectivity index (χ2n) is 8.63. The van der Waals surface area contributed by atoms with Crippen molar-refractivity contribution >= 4 is 26.9 Å². The van der Waals surface area contributed by atoms with Crippen molar-refractivity contribution in [1.82, 2.24) is 25.0 Å². The molecule has 2 aromatic rings. The predicted octanol–water partition coefficient (Wildman–Crippen LogP) is 1.18. The molecule has 2 aromatic heterocycles. The highest BCUT2D eigenvalue weighted by atomic mass is 32.2. The number of nitrogen functional groups attached to an aromatic ring is 1. The molecule has 4 N–H and O–H groups in total. The number of aromatic nitrogens is 3. The van der Waals surface area contributed by atoms with Gasteiger partial charge < -0.3 is 10.8 Å². The molecule has 0 bridgehead atoms. The van der Waals surface area contributed by atoms with Crippen molar-refractivity contribution in [3.63, 3.8) is 0 Å². The molecule has 5 rings (SSSR count). The molecule has 3 aliphatic rings. The lowest BCUT2D eigenvalue weighted by Gasteiger charge is -2.24. The maximum Gasteiger partial charge on any atom is 0.165 e. The molecule has 10 heteroatoms. The number of rotatable bonds is 4. The standard InChI is InChI=1S/C22H26N6O3S/c1-14-3-2-4-17(9-14)27-12-16(10-24-27)18-11-25-28-21(23)19(13-29)20(26-22(18)28)15-5-7-32(30,31)8-6-15/h4,11-12,14-15,24,29H,5-10,13,23H2,1H3. The van der Waals surface area contributed by atoms with Crippen LogP contribution in [-0.2, 0) is 16.4 Å². The molecule has 1 fully saturated rings. The van der Waals surface area contributed by atoms with Crippen molar-refractivity contribution in [1.29, 1.82) is 0 Å². The van der Waals surface area contributed by atoms with Crippen LogP contribution in [0.5, 0.6) is 0 Å². The number of nitrogens with two attached hydrogens (primary N) is 1. The summed E-state index contributed by atoms with van der Waals surface area (Å²) < 4.78 is 25.3. The number of anilines is 1. The second-order valence-corrected chi connectivity index (χ2v) is 10.9. The van der Waals surface area contributed by atoms with Crippen molar-refractivity contribution in [2.75, 3.05) is 23.8 Å². The van der Waals surface area contributed by atoms with Gasteiger partial charge in [-0.15, -0.1) is 0 Å². The molecular formula is C22H26N6O3S. The Balaban J connectivity index is 1.53. The summed E-state index contributed by atoms with van der Waals surface area (Å²) in [5.41, 5.74) is 14.6. The molecule has 0 saturated carbocycles. The number of hydrogen-bond acceptors (Lipinski definition) is 8. The largest absolute Gasteiger partial charge is 0.391 e. The molecule has 0 amide bonds. The summed E-state index contributed by atoms with van der Waals surface area (Å²) in [6, 6.07) is 0. The number of fused-ring (bicyclic) bond motifs is 1. The zero-order valence-corrected chi connectivity index (χ0v) is 18.7. The summed E-state index contributed by atoms with van der Waals surface area (Å²) in [6.07, 6.45) is 7.54. The van der Waals surface area contributed by atoms with Crippen LogP contribution in [0, 0.1) is 17.8 Å². The van der Waals surface area contributed by atoms with Gasteiger partial charge in [0.05, 0.1) is 30.0 Å². The van der Waals surface area contributed by atoms with Crippen LogP contribution in [0.4, 0.5) is 5.82 Å². The van der Waals surface area contributed by atoms with Crippen LogP contribution in [0.15, 0.2) is 24.2 Å². The number of sulfone groups is 1. The van der Waals surface area contributed by atoms with E-state index in [0.29, 0.717) is 48.0 Å². The lowest BCUT2D eigenvalue weighted by atomic mass is 9.94. The molecule has 4 heterocycles. The highest BCUT2D eigenvalue weighted by Gasteiger charge is 2.30. The molecule has 1 unspecified atom stereocenters. The lowest BCUT2D eigenvalue weighted by molar-refractivity contribution is 0.279. The minimum atomic E-state index is -3.00. The van der Waals surface area contributed by atoms with E-state index in [4.69, 9.17) is 10.7 Å². The average molecular weight is 455 g/mol. The highest BCUT2D eigenvalue weighted by molar-refractivity contribution is 7.91. The third-order valence-electron chi connectivity index (χ3n) is 6.38. The Bertz CT molecular complexity index is 1300. The zero-order valence-electron chi connectivity index (χ0n) is 17.9. The Morgan fingerprint density at radius 1 is 1.34 bits per heavy atom. The quantitative estimate of drug-likeness (QED) is 0.588. The Kier molecular flexibility index (Phi) is 5.20. The third kappa shape index (κ3) is 3.66. The summed E-state index contributed by atoms with van der Waals surface area (Å²) in [5, 5.41) is 16.4. The minimum Gasteiger partial charge on any atom is -0.391 e. The molecule has 168 valence electrons. The van der Waals surface area contributed by atoms with E-state index in [9.17, 15) is 13.5 Å². The van der Waals surface area contributed by atoms with E-state index in [2.05, 4.69) is 29.3 Å². The minimum absolute atomic E-state index is 0.0598. The topological polar surface area (TPSA) is 126 Å². The van der Waals surface area contributed by atoms with Gasteiger partial charge in [-0.1, -0.05) is 18.8 Å². The third-order valence-corrected chi connectivity index (χ3v) is 8.10. The van der Waals surface area contributed by atoms with E-state index >= 15 is 0 Å². The number of aliphatic hydroxyl groups excluding tert-OH is 1. The molecule has 0 spiro atoms. The van der Waals surface area contributed by atoms with Gasteiger partial charge in [0.2, 0.25) is 0 Å². The molecular weight excluding hydrogens is 428 g/mol. The van der Waals surface area contributed by atoms with Crippen molar-refractivity contribution in [2.45, 2.75) is 38.7 Å². The average Bonchev–Trinajstić information content (AvgIpc) is 3.41. The van der Waals surface area contributed by atoms with E-state index in [1.807, 2.05) is 17.3 Å². The summed E-state index contributed by atoms with van der Waals surface area (Å²) in [5.74, 6) is 7.08. The van der Waals surface area contributed by atoms with E-state index in [-0.39, 0.29) is 24.0 Å². The summed E-state index contributed by atoms with van der Waals surface area (Å²) in [6.45, 7) is 2.45. The Morgan fingerprint density at radius 2 is 2.12 bits per heavy atom. The van der Waals surface area contributed by atoms with Crippen LogP contribution in [0.25, 0.3) is 11.2 Å². The fourth-order valence-corrected chi connectivity index (χ4v) is 6.07. The van der Waals surface area contributed by atoms with E-state index in [1.54, 1.807) is 10.7 Å². The normalized spacial score (nSPS) is 23.1. The molecule has 2 aliphatic heterocycles. The van der Waals surface area contributed by atoms with Gasteiger partial charge in [-0.25, -0.2) is 18.8 Å². The maximum atomic E-state index is 11.9. The second kappa shape index (κ2) is 7.92. The monoisotopic (exact) mass is 454 g/mol. The van der Waals surface area contributed by atoms with Crippen molar-refractivity contribution in [3.05, 3.63) is 41.0 Å². The summed E-state index contributed by atoms with van der Waals surface area (Å²) in [4.78, 5) is 4.87. The predicted molar refractivity (Wildman–Crippen MR) is 121 cm³/mol. The number of nitrogens with zero attached hydrogens (tertiary/aromatic N) is 4. The molecule has 9 nitrogen and oxygen atoms in total. The zero-order chi connectivity index (χ0) is 22.5. The fraction of sp³-hybridized carbons (Fsp3) is 0.455. The van der Waals surface area contributed by atoms with Gasteiger partial charge in [-0.05, 0) is 18.4 Å². The number of nitrogens with one attached hydrogen (secondary N) is 1. The van der Waals surface area contributed by atoms with Gasteiger partial charge >= 0.3 is 0 Å². The van der Waals surface area contributed by atoms with Gasteiger partial charge in [-0.3, -0.25) is 5.01 Å². The van der Waals surface area contributed by atoms with Crippen LogP contribution < -0.4 is 11.2 Å². The van der Waals surface area contributed by atoms with Gasteiger partial charge in [0.25, 0.3) is 0 Å². The van der Waals surface area contributed by atoms with Gasteiger partial charge in [-0.2, -0.15) is 9.61 Å². The van der Waals surface area contributed by atoms with Gasteiger partial charge in [0.15, 0.2) is 5.65 Å². The summed E-state index contributed by atoms with van der Waals surface area (Å²) >= 11 is 0. The first-order valence-corrected chi connectivity index (χ1v) is 12.6. The SMILES string of the molecule is CC1C#CC=C(N2C=C(c3cnn4c(N)c(CO)c(C5CCS(=O)(=O)CC5)nc34)CN2)C1. The van der Waals surface area contributed by atoms with Crippen LogP contribution in [0.2, 0.25) is 0 Å². The molecule has 0 radical (unpaired) electrons. The maximum absolute atomic E-state index is 11.9. The number of hydrazine groups is 1. The van der Waals surface area contributed by atoms with Gasteiger partial charge in [0, 0.05) is 53.9 Å². The molecule has 32 heavy (non-hydrogen) atoms. The van der Waals surface area contributed by atoms with Crippen LogP contribution in [-0.4, -0.2) is 51.2 Å². The number of hydrogen-bond donors (Lipinski definition) is 3. The van der Waals surface area contributed by atoms with E-state index in [0.717, 1.165) is 23.3 Å². The smallest absolute Gasteiger partial charge is 0.165 e. The first-order chi connectivity index (χ1) is 15.4. The van der Waals surface area contributed by atoms with Gasteiger partial charge in [0.1, 0.15) is 15.7 Å². The first-order valence-electron chi connectivity index (χ1n) is 10.8. The lowest BCUT2D eigenvalue weighted by Crippen LogP contribution is -2.29. The Morgan fingerprint density at radius 3 is 2.84 bits per heavy atom. The highest BCUT2D eigenvalue weighted by Crippen LogP contribution is 2.35. The molecule has 1 aliphatic carbocycles. The van der Waals surface area contributed by atoms with E-state index in [1.165, 1.54) is 0 Å². The van der Waals surface area contributed by atoms with Crippen molar-refractivity contribution in [2.24, 2.45) is 5.92 Å². The summed E-state index contributed by atoms with van der Waals surface area (Å²) in [7, 11) is -3.00. The first kappa shape index (κ1) is 21.0. The fourth-order valence-electron chi connectivity index (χ4n) is 4.58. The number of aliphatic hydroxyl groups is 1. The van der Waals surface area contributed by atoms with Crippen LogP contribution >= 0.6 is 0 Å². The molecule has 0 aromatic carbocycles. The van der Waals surface area contributed by atoms with Crippen molar-refractivity contribution < 1.29 is 13.5 Å².